The summed E-state index contributed by atoms with van der Waals surface area (Å²) in [6.45, 7) is 22.1. The van der Waals surface area contributed by atoms with Crippen molar-refractivity contribution in [2.75, 3.05) is 28.4 Å². The van der Waals surface area contributed by atoms with Crippen molar-refractivity contribution in [3.05, 3.63) is 0 Å². The second-order valence-corrected chi connectivity index (χ2v) is 11.5. The molecule has 2 fully saturated rings. The first kappa shape index (κ1) is 36.3. The zero-order valence-corrected chi connectivity index (χ0v) is 26.5. The number of nitrogens with one attached hydrogen (secondary N) is 1. The summed E-state index contributed by atoms with van der Waals surface area (Å²) >= 11 is 0. The molecule has 0 spiro atoms. The second kappa shape index (κ2) is 18.5. The number of carbonyl (C=O) groups excluding carboxylic acids is 1. The van der Waals surface area contributed by atoms with Crippen molar-refractivity contribution in [2.45, 2.75) is 119 Å². The first-order chi connectivity index (χ1) is 17.3. The minimum absolute atomic E-state index is 0.00356. The van der Waals surface area contributed by atoms with Crippen LogP contribution in [0.5, 0.6) is 0 Å². The molecule has 1 N–H and O–H groups in total. The Labute approximate surface area is 229 Å². The predicted octanol–water partition coefficient (Wildman–Crippen LogP) is 6.15. The first-order valence-corrected chi connectivity index (χ1v) is 14.5. The smallest absolute Gasteiger partial charge is 0.322 e. The number of esters is 1. The van der Waals surface area contributed by atoms with E-state index in [2.05, 4.69) is 79.3 Å². The summed E-state index contributed by atoms with van der Waals surface area (Å²) in [5, 5.41) is 2.91. The number of likely N-dealkylation sites (N-methyl/N-ethyl adjacent to an activating group) is 1. The van der Waals surface area contributed by atoms with Crippen LogP contribution in [0.15, 0.2) is 0 Å². The molecular weight excluding hydrogens is 470 g/mol. The molecular formula is C30H61NO6. The minimum atomic E-state index is -0.179. The summed E-state index contributed by atoms with van der Waals surface area (Å²) in [6, 6.07) is -0.153. The van der Waals surface area contributed by atoms with Crippen LogP contribution >= 0.6 is 0 Å². The number of rotatable bonds is 8. The third-order valence-electron chi connectivity index (χ3n) is 8.78. The van der Waals surface area contributed by atoms with Crippen LogP contribution in [-0.2, 0) is 28.5 Å². The van der Waals surface area contributed by atoms with Crippen molar-refractivity contribution in [3.63, 3.8) is 0 Å². The molecule has 2 aliphatic rings. The van der Waals surface area contributed by atoms with Crippen LogP contribution in [0.3, 0.4) is 0 Å². The number of methoxy groups -OCH3 is 3. The van der Waals surface area contributed by atoms with Gasteiger partial charge < -0.3 is 29.0 Å². The van der Waals surface area contributed by atoms with Gasteiger partial charge in [0.05, 0.1) is 19.3 Å². The summed E-state index contributed by atoms with van der Waals surface area (Å²) in [5.74, 6) is 3.99. The van der Waals surface area contributed by atoms with Gasteiger partial charge in [0.25, 0.3) is 0 Å². The van der Waals surface area contributed by atoms with Crippen LogP contribution in [0.4, 0.5) is 0 Å². The molecule has 0 aromatic rings. The van der Waals surface area contributed by atoms with Gasteiger partial charge in [-0.3, -0.25) is 4.79 Å². The van der Waals surface area contributed by atoms with Gasteiger partial charge in [-0.05, 0) is 55.9 Å². The SMILES string of the molecule is CCC1OC(OC)C(C)C(C)C1C.CCC1OC(OC)C(C)C(C)C1C.CNC(CC(C)C)C(=O)OC. The highest BCUT2D eigenvalue weighted by atomic mass is 16.7. The Balaban J connectivity index is 0.000000528. The van der Waals surface area contributed by atoms with Crippen LogP contribution in [-0.4, -0.2) is 65.2 Å². The highest BCUT2D eigenvalue weighted by molar-refractivity contribution is 5.75. The van der Waals surface area contributed by atoms with Crippen molar-refractivity contribution >= 4 is 5.97 Å². The van der Waals surface area contributed by atoms with E-state index in [-0.39, 0.29) is 24.6 Å². The summed E-state index contributed by atoms with van der Waals surface area (Å²) in [4.78, 5) is 11.0. The monoisotopic (exact) mass is 531 g/mol. The van der Waals surface area contributed by atoms with Gasteiger partial charge in [-0.2, -0.15) is 0 Å². The molecule has 0 saturated carbocycles. The number of carbonyl (C=O) groups is 1. The van der Waals surface area contributed by atoms with Crippen LogP contribution < -0.4 is 5.32 Å². The van der Waals surface area contributed by atoms with E-state index >= 15 is 0 Å². The van der Waals surface area contributed by atoms with E-state index in [1.54, 1.807) is 21.3 Å². The molecule has 11 atom stereocenters. The summed E-state index contributed by atoms with van der Waals surface area (Å²) in [6.07, 6.45) is 3.72. The molecule has 37 heavy (non-hydrogen) atoms. The average Bonchev–Trinajstić information content (AvgIpc) is 2.89. The van der Waals surface area contributed by atoms with Crippen molar-refractivity contribution in [1.82, 2.24) is 5.32 Å². The standard InChI is InChI=1S/2C11H22O2.C8H17NO2/c2*1-6-10-8(3)7(2)9(4)11(12-5)13-10;1-6(2)5-7(9-3)8(10)11-4/h2*7-11H,6H2,1-5H3;6-7,9H,5H2,1-4H3. The fourth-order valence-corrected chi connectivity index (χ4v) is 5.39. The van der Waals surface area contributed by atoms with Gasteiger partial charge in [0.2, 0.25) is 0 Å². The molecule has 0 aromatic heterocycles. The Hall–Kier alpha value is -0.730. The molecule has 222 valence electrons. The fourth-order valence-electron chi connectivity index (χ4n) is 5.39. The summed E-state index contributed by atoms with van der Waals surface area (Å²) < 4.78 is 27.0. The lowest BCUT2D eigenvalue weighted by Gasteiger charge is -2.42. The Morgan fingerprint density at radius 2 is 1.11 bits per heavy atom. The average molecular weight is 532 g/mol. The molecule has 7 nitrogen and oxygen atoms in total. The Kier molecular flexibility index (Phi) is 18.2. The van der Waals surface area contributed by atoms with E-state index in [0.29, 0.717) is 53.6 Å². The molecule has 2 rings (SSSR count). The van der Waals surface area contributed by atoms with Gasteiger partial charge in [-0.25, -0.2) is 0 Å². The molecule has 7 heteroatoms. The number of ether oxygens (including phenoxy) is 5. The van der Waals surface area contributed by atoms with Gasteiger partial charge in [-0.1, -0.05) is 69.2 Å². The van der Waals surface area contributed by atoms with E-state index in [9.17, 15) is 4.79 Å². The van der Waals surface area contributed by atoms with E-state index < -0.39 is 0 Å². The highest BCUT2D eigenvalue weighted by Gasteiger charge is 2.39. The molecule has 0 aromatic carbocycles. The zero-order chi connectivity index (χ0) is 28.9. The Morgan fingerprint density at radius 3 is 1.35 bits per heavy atom. The molecule has 0 radical (unpaired) electrons. The van der Waals surface area contributed by atoms with Crippen LogP contribution in [0.1, 0.15) is 88.5 Å². The summed E-state index contributed by atoms with van der Waals surface area (Å²) in [7, 11) is 6.64. The zero-order valence-electron chi connectivity index (χ0n) is 26.5. The minimum Gasteiger partial charge on any atom is -0.468 e. The van der Waals surface area contributed by atoms with Crippen LogP contribution in [0.2, 0.25) is 0 Å². The lowest BCUT2D eigenvalue weighted by atomic mass is 9.78. The highest BCUT2D eigenvalue weighted by Crippen LogP contribution is 2.37. The van der Waals surface area contributed by atoms with E-state index in [0.717, 1.165) is 19.3 Å². The number of hydrogen-bond donors (Lipinski definition) is 1. The van der Waals surface area contributed by atoms with Crippen molar-refractivity contribution < 1.29 is 28.5 Å². The molecule has 2 heterocycles. The van der Waals surface area contributed by atoms with Gasteiger partial charge >= 0.3 is 5.97 Å². The molecule has 0 amide bonds. The Morgan fingerprint density at radius 1 is 0.730 bits per heavy atom. The number of hydrogen-bond acceptors (Lipinski definition) is 7. The van der Waals surface area contributed by atoms with E-state index in [1.165, 1.54) is 7.11 Å². The first-order valence-electron chi connectivity index (χ1n) is 14.5. The van der Waals surface area contributed by atoms with Gasteiger partial charge in [0.1, 0.15) is 6.04 Å². The maximum absolute atomic E-state index is 11.0. The molecule has 2 aliphatic heterocycles. The predicted molar refractivity (Wildman–Crippen MR) is 151 cm³/mol. The van der Waals surface area contributed by atoms with Crippen molar-refractivity contribution in [2.24, 2.45) is 41.4 Å². The molecule has 11 unspecified atom stereocenters. The van der Waals surface area contributed by atoms with Crippen LogP contribution in [0, 0.1) is 41.4 Å². The maximum atomic E-state index is 11.0. The lowest BCUT2D eigenvalue weighted by molar-refractivity contribution is -0.237. The summed E-state index contributed by atoms with van der Waals surface area (Å²) in [5.41, 5.74) is 0. The molecule has 0 aliphatic carbocycles. The van der Waals surface area contributed by atoms with Crippen molar-refractivity contribution in [1.29, 1.82) is 0 Å². The third kappa shape index (κ3) is 11.1. The topological polar surface area (TPSA) is 75.3 Å². The second-order valence-electron chi connectivity index (χ2n) is 11.5. The van der Waals surface area contributed by atoms with Gasteiger partial charge in [0, 0.05) is 26.1 Å². The normalized spacial score (nSPS) is 36.5. The van der Waals surface area contributed by atoms with Crippen molar-refractivity contribution in [3.8, 4) is 0 Å². The van der Waals surface area contributed by atoms with E-state index in [4.69, 9.17) is 18.9 Å². The molecule has 2 saturated heterocycles. The van der Waals surface area contributed by atoms with Gasteiger partial charge in [0.15, 0.2) is 12.6 Å². The third-order valence-corrected chi connectivity index (χ3v) is 8.78. The Bertz CT molecular complexity index is 527. The molecule has 0 bridgehead atoms. The largest absolute Gasteiger partial charge is 0.468 e. The lowest BCUT2D eigenvalue weighted by Crippen LogP contribution is -2.45. The van der Waals surface area contributed by atoms with E-state index in [1.807, 2.05) is 0 Å². The fraction of sp³-hybridized carbons (Fsp3) is 0.967. The quantitative estimate of drug-likeness (QED) is 0.377. The van der Waals surface area contributed by atoms with Gasteiger partial charge in [-0.15, -0.1) is 0 Å². The van der Waals surface area contributed by atoms with Crippen LogP contribution in [0.25, 0.3) is 0 Å². The maximum Gasteiger partial charge on any atom is 0.322 e.